The second kappa shape index (κ2) is 7.44. The Kier molecular flexibility index (Phi) is 4.48. The van der Waals surface area contributed by atoms with Gasteiger partial charge in [-0.1, -0.05) is 35.5 Å². The first-order chi connectivity index (χ1) is 14.7. The number of hydrogen-bond acceptors (Lipinski definition) is 6. The van der Waals surface area contributed by atoms with Crippen LogP contribution in [-0.2, 0) is 6.54 Å². The van der Waals surface area contributed by atoms with Crippen LogP contribution >= 0.6 is 0 Å². The van der Waals surface area contributed by atoms with Crippen molar-refractivity contribution in [2.45, 2.75) is 20.4 Å². The summed E-state index contributed by atoms with van der Waals surface area (Å²) in [6.07, 6.45) is 5.34. The number of nitrogens with one attached hydrogen (secondary N) is 1. The normalized spacial score (nSPS) is 11.1. The van der Waals surface area contributed by atoms with Gasteiger partial charge in [0.05, 0.1) is 29.6 Å². The van der Waals surface area contributed by atoms with Crippen LogP contribution in [0.5, 0.6) is 0 Å². The summed E-state index contributed by atoms with van der Waals surface area (Å²) in [5, 5.41) is 7.46. The molecule has 0 aliphatic rings. The van der Waals surface area contributed by atoms with Crippen molar-refractivity contribution in [3.05, 3.63) is 84.1 Å². The second-order valence-corrected chi connectivity index (χ2v) is 7.14. The summed E-state index contributed by atoms with van der Waals surface area (Å²) < 4.78 is 7.48. The lowest BCUT2D eigenvalue weighted by molar-refractivity contribution is 0.393. The first kappa shape index (κ1) is 18.1. The molecule has 0 amide bonds. The van der Waals surface area contributed by atoms with Crippen molar-refractivity contribution in [3.8, 4) is 11.1 Å². The summed E-state index contributed by atoms with van der Waals surface area (Å²) >= 11 is 0. The molecule has 0 atom stereocenters. The SMILES string of the molecule is Cc1noc(C)c1-c1cnc2nc(Nc3cccnc3)n(Cc3ccccc3)c2c1. The number of rotatable bonds is 5. The molecule has 0 saturated carbocycles. The average Bonchev–Trinajstić information content (AvgIpc) is 3.28. The predicted octanol–water partition coefficient (Wildman–Crippen LogP) is 4.89. The van der Waals surface area contributed by atoms with Gasteiger partial charge in [0, 0.05) is 23.5 Å². The molecule has 0 aliphatic carbocycles. The number of imidazole rings is 1. The van der Waals surface area contributed by atoms with Gasteiger partial charge in [-0.25, -0.2) is 4.98 Å². The number of pyridine rings is 2. The van der Waals surface area contributed by atoms with E-state index in [0.717, 1.165) is 33.8 Å². The average molecular weight is 396 g/mol. The predicted molar refractivity (Wildman–Crippen MR) is 116 cm³/mol. The molecule has 7 heteroatoms. The Labute approximate surface area is 173 Å². The molecule has 0 saturated heterocycles. The number of fused-ring (bicyclic) bond motifs is 1. The van der Waals surface area contributed by atoms with Crippen LogP contribution in [0.15, 0.2) is 71.6 Å². The van der Waals surface area contributed by atoms with Gasteiger partial charge < -0.3 is 14.4 Å². The van der Waals surface area contributed by atoms with E-state index in [0.29, 0.717) is 18.1 Å². The maximum absolute atomic E-state index is 5.35. The zero-order valence-electron chi connectivity index (χ0n) is 16.7. The molecule has 0 aliphatic heterocycles. The molecule has 4 aromatic heterocycles. The van der Waals surface area contributed by atoms with Crippen molar-refractivity contribution in [1.29, 1.82) is 0 Å². The van der Waals surface area contributed by atoms with Crippen LogP contribution in [0.4, 0.5) is 11.6 Å². The molecule has 4 heterocycles. The van der Waals surface area contributed by atoms with Gasteiger partial charge in [0.1, 0.15) is 5.76 Å². The highest BCUT2D eigenvalue weighted by Crippen LogP contribution is 2.30. The monoisotopic (exact) mass is 396 g/mol. The number of aromatic nitrogens is 5. The highest BCUT2D eigenvalue weighted by atomic mass is 16.5. The van der Waals surface area contributed by atoms with Gasteiger partial charge in [-0.2, -0.15) is 4.98 Å². The quantitative estimate of drug-likeness (QED) is 0.455. The molecule has 148 valence electrons. The molecule has 7 nitrogen and oxygen atoms in total. The zero-order valence-corrected chi connectivity index (χ0v) is 16.7. The minimum atomic E-state index is 0.659. The van der Waals surface area contributed by atoms with Crippen molar-refractivity contribution in [3.63, 3.8) is 0 Å². The summed E-state index contributed by atoms with van der Waals surface area (Å²) in [4.78, 5) is 13.6. The lowest BCUT2D eigenvalue weighted by Crippen LogP contribution is -2.05. The number of anilines is 2. The third-order valence-electron chi connectivity index (χ3n) is 5.03. The Morgan fingerprint density at radius 3 is 2.63 bits per heavy atom. The van der Waals surface area contributed by atoms with Crippen LogP contribution < -0.4 is 5.32 Å². The van der Waals surface area contributed by atoms with Gasteiger partial charge in [0.2, 0.25) is 5.95 Å². The van der Waals surface area contributed by atoms with Gasteiger partial charge in [-0.15, -0.1) is 0 Å². The van der Waals surface area contributed by atoms with Crippen LogP contribution in [0.2, 0.25) is 0 Å². The standard InChI is InChI=1S/C23H20N6O/c1-15-21(16(2)30-28-15)18-11-20-22(25-12-18)27-23(26-19-9-6-10-24-13-19)29(20)14-17-7-4-3-5-8-17/h3-13H,14H2,1-2H3,(H,25,26,27). The Hall–Kier alpha value is -4.00. The highest BCUT2D eigenvalue weighted by Gasteiger charge is 2.17. The molecule has 0 spiro atoms. The van der Waals surface area contributed by atoms with E-state index in [9.17, 15) is 0 Å². The van der Waals surface area contributed by atoms with Crippen molar-refractivity contribution in [2.24, 2.45) is 0 Å². The van der Waals surface area contributed by atoms with E-state index in [1.807, 2.05) is 50.4 Å². The number of nitrogens with zero attached hydrogens (tertiary/aromatic N) is 5. The van der Waals surface area contributed by atoms with E-state index < -0.39 is 0 Å². The Morgan fingerprint density at radius 1 is 1.03 bits per heavy atom. The molecular formula is C23H20N6O. The molecule has 0 bridgehead atoms. The largest absolute Gasteiger partial charge is 0.361 e. The molecule has 1 aromatic carbocycles. The van der Waals surface area contributed by atoms with Crippen LogP contribution in [0.25, 0.3) is 22.3 Å². The lowest BCUT2D eigenvalue weighted by Gasteiger charge is -2.11. The molecule has 0 radical (unpaired) electrons. The number of aryl methyl sites for hydroxylation is 2. The fourth-order valence-corrected chi connectivity index (χ4v) is 3.62. The van der Waals surface area contributed by atoms with Gasteiger partial charge in [-0.3, -0.25) is 4.98 Å². The second-order valence-electron chi connectivity index (χ2n) is 7.14. The van der Waals surface area contributed by atoms with Crippen LogP contribution in [0.3, 0.4) is 0 Å². The lowest BCUT2D eigenvalue weighted by atomic mass is 10.1. The first-order valence-electron chi connectivity index (χ1n) is 9.69. The van der Waals surface area contributed by atoms with Crippen LogP contribution in [0, 0.1) is 13.8 Å². The molecule has 5 rings (SSSR count). The zero-order chi connectivity index (χ0) is 20.5. The summed E-state index contributed by atoms with van der Waals surface area (Å²) in [6.45, 7) is 4.51. The Balaban J connectivity index is 1.66. The van der Waals surface area contributed by atoms with Gasteiger partial charge in [0.25, 0.3) is 0 Å². The third-order valence-corrected chi connectivity index (χ3v) is 5.03. The van der Waals surface area contributed by atoms with Gasteiger partial charge in [-0.05, 0) is 37.6 Å². The molecular weight excluding hydrogens is 376 g/mol. The van der Waals surface area contributed by atoms with E-state index in [1.54, 1.807) is 12.4 Å². The fourth-order valence-electron chi connectivity index (χ4n) is 3.62. The number of hydrogen-bond donors (Lipinski definition) is 1. The third kappa shape index (κ3) is 3.30. The summed E-state index contributed by atoms with van der Waals surface area (Å²) in [7, 11) is 0. The number of benzene rings is 1. The Bertz CT molecular complexity index is 1290. The minimum absolute atomic E-state index is 0.659. The van der Waals surface area contributed by atoms with Gasteiger partial charge in [0.15, 0.2) is 5.65 Å². The van der Waals surface area contributed by atoms with E-state index in [2.05, 4.69) is 43.2 Å². The summed E-state index contributed by atoms with van der Waals surface area (Å²) in [5.74, 6) is 1.49. The molecule has 0 unspecified atom stereocenters. The van der Waals surface area contributed by atoms with Crippen molar-refractivity contribution < 1.29 is 4.52 Å². The highest BCUT2D eigenvalue weighted by molar-refractivity contribution is 5.82. The molecule has 0 fully saturated rings. The molecule has 1 N–H and O–H groups in total. The van der Waals surface area contributed by atoms with Crippen molar-refractivity contribution in [1.82, 2.24) is 24.7 Å². The maximum atomic E-state index is 5.35. The smallest absolute Gasteiger partial charge is 0.210 e. The van der Waals surface area contributed by atoms with Crippen molar-refractivity contribution >= 4 is 22.8 Å². The van der Waals surface area contributed by atoms with E-state index in [-0.39, 0.29) is 0 Å². The van der Waals surface area contributed by atoms with Gasteiger partial charge >= 0.3 is 0 Å². The maximum Gasteiger partial charge on any atom is 0.210 e. The Morgan fingerprint density at radius 2 is 1.90 bits per heavy atom. The molecule has 30 heavy (non-hydrogen) atoms. The minimum Gasteiger partial charge on any atom is -0.361 e. The van der Waals surface area contributed by atoms with E-state index in [4.69, 9.17) is 9.51 Å². The van der Waals surface area contributed by atoms with E-state index >= 15 is 0 Å². The van der Waals surface area contributed by atoms with E-state index in [1.165, 1.54) is 5.56 Å². The van der Waals surface area contributed by atoms with Crippen LogP contribution in [0.1, 0.15) is 17.0 Å². The summed E-state index contributed by atoms with van der Waals surface area (Å²) in [6, 6.07) is 16.2. The summed E-state index contributed by atoms with van der Waals surface area (Å²) in [5.41, 5.74) is 6.42. The molecule has 5 aromatic rings. The topological polar surface area (TPSA) is 81.7 Å². The van der Waals surface area contributed by atoms with Crippen LogP contribution in [-0.4, -0.2) is 24.7 Å². The fraction of sp³-hybridized carbons (Fsp3) is 0.130. The van der Waals surface area contributed by atoms with Crippen molar-refractivity contribution in [2.75, 3.05) is 5.32 Å². The first-order valence-corrected chi connectivity index (χ1v) is 9.69.